The number of H-pyrrole nitrogens is 1. The number of esters is 2. The summed E-state index contributed by atoms with van der Waals surface area (Å²) in [4.78, 5) is 39.4. The van der Waals surface area contributed by atoms with Gasteiger partial charge in [-0.15, -0.1) is 0 Å². The van der Waals surface area contributed by atoms with Crippen LogP contribution in [0.2, 0.25) is 0 Å². The second-order valence-corrected chi connectivity index (χ2v) is 8.73. The summed E-state index contributed by atoms with van der Waals surface area (Å²) >= 11 is 0. The SMILES string of the molecule is CCOC(=O)c1[nH]c(C)c(C(=O)O[C@H](C)C(=O)N[C@H]2CCS(=O)(=O)C2)c1C. The number of hydrogen-bond donors (Lipinski definition) is 2. The normalized spacial score (nSPS) is 19.3. The van der Waals surface area contributed by atoms with E-state index in [9.17, 15) is 22.8 Å². The van der Waals surface area contributed by atoms with Gasteiger partial charge >= 0.3 is 11.9 Å². The van der Waals surface area contributed by atoms with Gasteiger partial charge in [0.2, 0.25) is 0 Å². The average molecular weight is 400 g/mol. The van der Waals surface area contributed by atoms with Crippen molar-refractivity contribution in [1.29, 1.82) is 0 Å². The first kappa shape index (κ1) is 20.9. The van der Waals surface area contributed by atoms with Crippen molar-refractivity contribution >= 4 is 27.7 Å². The largest absolute Gasteiger partial charge is 0.461 e. The fourth-order valence-corrected chi connectivity index (χ4v) is 4.64. The highest BCUT2D eigenvalue weighted by atomic mass is 32.2. The van der Waals surface area contributed by atoms with Crippen LogP contribution in [0.5, 0.6) is 0 Å². The van der Waals surface area contributed by atoms with Crippen LogP contribution in [0.15, 0.2) is 0 Å². The van der Waals surface area contributed by atoms with Crippen LogP contribution in [0.25, 0.3) is 0 Å². The average Bonchev–Trinajstić information content (AvgIpc) is 3.05. The van der Waals surface area contributed by atoms with Crippen molar-refractivity contribution in [2.24, 2.45) is 0 Å². The number of aromatic amines is 1. The van der Waals surface area contributed by atoms with E-state index in [1.807, 2.05) is 0 Å². The molecular formula is C17H24N2O7S. The fraction of sp³-hybridized carbons (Fsp3) is 0.588. The lowest BCUT2D eigenvalue weighted by molar-refractivity contribution is -0.129. The molecule has 0 saturated carbocycles. The van der Waals surface area contributed by atoms with Crippen molar-refractivity contribution in [1.82, 2.24) is 10.3 Å². The van der Waals surface area contributed by atoms with Crippen molar-refractivity contribution < 1.29 is 32.3 Å². The van der Waals surface area contributed by atoms with Crippen molar-refractivity contribution in [3.63, 3.8) is 0 Å². The fourth-order valence-electron chi connectivity index (χ4n) is 2.96. The van der Waals surface area contributed by atoms with Gasteiger partial charge in [-0.25, -0.2) is 18.0 Å². The lowest BCUT2D eigenvalue weighted by Gasteiger charge is -2.16. The Hall–Kier alpha value is -2.36. The second-order valence-electron chi connectivity index (χ2n) is 6.50. The highest BCUT2D eigenvalue weighted by molar-refractivity contribution is 7.91. The van der Waals surface area contributed by atoms with Crippen LogP contribution in [0, 0.1) is 13.8 Å². The van der Waals surface area contributed by atoms with Crippen LogP contribution in [0.1, 0.15) is 52.4 Å². The first-order valence-electron chi connectivity index (χ1n) is 8.63. The Bertz CT molecular complexity index is 857. The van der Waals surface area contributed by atoms with Gasteiger partial charge in [0, 0.05) is 11.7 Å². The number of sulfone groups is 1. The topological polar surface area (TPSA) is 132 Å². The van der Waals surface area contributed by atoms with E-state index in [4.69, 9.17) is 9.47 Å². The third-order valence-electron chi connectivity index (χ3n) is 4.35. The number of ether oxygens (including phenoxy) is 2. The summed E-state index contributed by atoms with van der Waals surface area (Å²) < 4.78 is 33.0. The summed E-state index contributed by atoms with van der Waals surface area (Å²) in [5.74, 6) is -1.98. The van der Waals surface area contributed by atoms with Crippen molar-refractivity contribution in [3.05, 3.63) is 22.5 Å². The molecule has 0 bridgehead atoms. The Labute approximate surface area is 157 Å². The minimum atomic E-state index is -3.12. The van der Waals surface area contributed by atoms with Gasteiger partial charge in [-0.3, -0.25) is 4.79 Å². The molecule has 1 aromatic heterocycles. The van der Waals surface area contributed by atoms with Crippen LogP contribution in [-0.2, 0) is 24.1 Å². The van der Waals surface area contributed by atoms with E-state index >= 15 is 0 Å². The van der Waals surface area contributed by atoms with Crippen LogP contribution in [0.3, 0.4) is 0 Å². The summed E-state index contributed by atoms with van der Waals surface area (Å²) in [6, 6.07) is -0.477. The second kappa shape index (κ2) is 8.12. The van der Waals surface area contributed by atoms with E-state index in [-0.39, 0.29) is 29.4 Å². The van der Waals surface area contributed by atoms with Crippen LogP contribution in [-0.4, -0.2) is 61.5 Å². The minimum absolute atomic E-state index is 0.0322. The molecule has 0 spiro atoms. The molecule has 0 aliphatic carbocycles. The smallest absolute Gasteiger partial charge is 0.355 e. The van der Waals surface area contributed by atoms with Gasteiger partial charge in [0.1, 0.15) is 5.69 Å². The summed E-state index contributed by atoms with van der Waals surface area (Å²) in [6.07, 6.45) is -0.770. The van der Waals surface area contributed by atoms with E-state index in [2.05, 4.69) is 10.3 Å². The molecule has 0 aromatic carbocycles. The molecule has 1 aliphatic rings. The van der Waals surface area contributed by atoms with E-state index in [0.717, 1.165) is 0 Å². The monoisotopic (exact) mass is 400 g/mol. The Morgan fingerprint density at radius 1 is 1.26 bits per heavy atom. The lowest BCUT2D eigenvalue weighted by atomic mass is 10.1. The van der Waals surface area contributed by atoms with Crippen molar-refractivity contribution in [3.8, 4) is 0 Å². The van der Waals surface area contributed by atoms with E-state index in [0.29, 0.717) is 17.7 Å². The molecule has 0 unspecified atom stereocenters. The lowest BCUT2D eigenvalue weighted by Crippen LogP contribution is -2.42. The maximum absolute atomic E-state index is 12.5. The van der Waals surface area contributed by atoms with E-state index < -0.39 is 39.8 Å². The highest BCUT2D eigenvalue weighted by Gasteiger charge is 2.31. The van der Waals surface area contributed by atoms with E-state index in [1.54, 1.807) is 20.8 Å². The first-order valence-corrected chi connectivity index (χ1v) is 10.5. The summed E-state index contributed by atoms with van der Waals surface area (Å²) in [5, 5.41) is 2.58. The molecule has 0 radical (unpaired) electrons. The number of carbonyl (C=O) groups is 3. The summed E-state index contributed by atoms with van der Waals surface area (Å²) in [7, 11) is -3.12. The first-order chi connectivity index (χ1) is 12.6. The Balaban J connectivity index is 2.04. The molecule has 1 aromatic rings. The zero-order chi connectivity index (χ0) is 20.4. The number of rotatable bonds is 6. The highest BCUT2D eigenvalue weighted by Crippen LogP contribution is 2.20. The molecule has 1 aliphatic heterocycles. The Morgan fingerprint density at radius 3 is 2.48 bits per heavy atom. The van der Waals surface area contributed by atoms with Gasteiger partial charge in [-0.1, -0.05) is 0 Å². The third kappa shape index (κ3) is 4.88. The molecule has 1 fully saturated rings. The molecule has 2 atom stereocenters. The third-order valence-corrected chi connectivity index (χ3v) is 6.12. The number of aromatic nitrogens is 1. The Morgan fingerprint density at radius 2 is 1.93 bits per heavy atom. The number of amides is 1. The van der Waals surface area contributed by atoms with Gasteiger partial charge in [-0.05, 0) is 39.7 Å². The van der Waals surface area contributed by atoms with E-state index in [1.165, 1.54) is 6.92 Å². The number of aryl methyl sites for hydroxylation is 1. The van der Waals surface area contributed by atoms with Gasteiger partial charge in [-0.2, -0.15) is 0 Å². The van der Waals surface area contributed by atoms with Gasteiger partial charge in [0.05, 0.1) is 23.7 Å². The molecule has 150 valence electrons. The van der Waals surface area contributed by atoms with Crippen LogP contribution in [0.4, 0.5) is 0 Å². The zero-order valence-corrected chi connectivity index (χ0v) is 16.6. The molecule has 2 N–H and O–H groups in total. The number of nitrogens with one attached hydrogen (secondary N) is 2. The van der Waals surface area contributed by atoms with Gasteiger partial charge in [0.25, 0.3) is 5.91 Å². The maximum atomic E-state index is 12.5. The predicted molar refractivity (Wildman–Crippen MR) is 96.3 cm³/mol. The summed E-state index contributed by atoms with van der Waals surface area (Å²) in [5.41, 5.74) is 1.14. The standard InChI is InChI=1S/C17H24N2O7S/c1-5-25-17(22)14-9(2)13(10(3)18-14)16(21)26-11(4)15(20)19-12-6-7-27(23,24)8-12/h11-12,18H,5-8H2,1-4H3,(H,19,20)/t11-,12+/m1/s1. The van der Waals surface area contributed by atoms with Crippen LogP contribution >= 0.6 is 0 Å². The molecule has 10 heteroatoms. The summed E-state index contributed by atoms with van der Waals surface area (Å²) in [6.45, 7) is 6.47. The van der Waals surface area contributed by atoms with Gasteiger partial charge < -0.3 is 19.8 Å². The van der Waals surface area contributed by atoms with Crippen LogP contribution < -0.4 is 5.32 Å². The quantitative estimate of drug-likeness (QED) is 0.670. The Kier molecular flexibility index (Phi) is 6.30. The molecule has 2 rings (SSSR count). The molecule has 2 heterocycles. The van der Waals surface area contributed by atoms with Crippen molar-refractivity contribution in [2.75, 3.05) is 18.1 Å². The molecule has 27 heavy (non-hydrogen) atoms. The number of carbonyl (C=O) groups excluding carboxylic acids is 3. The zero-order valence-electron chi connectivity index (χ0n) is 15.7. The molecule has 9 nitrogen and oxygen atoms in total. The van der Waals surface area contributed by atoms with Crippen molar-refractivity contribution in [2.45, 2.75) is 46.3 Å². The maximum Gasteiger partial charge on any atom is 0.355 e. The van der Waals surface area contributed by atoms with Gasteiger partial charge in [0.15, 0.2) is 15.9 Å². The number of hydrogen-bond acceptors (Lipinski definition) is 7. The molecular weight excluding hydrogens is 376 g/mol. The molecule has 1 amide bonds. The molecule has 1 saturated heterocycles. The predicted octanol–water partition coefficient (Wildman–Crippen LogP) is 0.657. The minimum Gasteiger partial charge on any atom is -0.461 e.